The molecule has 0 saturated heterocycles. The minimum Gasteiger partial charge on any atom is -0.493 e. The molecule has 0 aliphatic heterocycles. The number of non-ortho nitro benzene ring substituents is 1. The van der Waals surface area contributed by atoms with Crippen LogP contribution in [0.2, 0.25) is 0 Å². The molecular weight excluding hydrogens is 274 g/mol. The zero-order valence-corrected chi connectivity index (χ0v) is 13.1. The van der Waals surface area contributed by atoms with Crippen molar-refractivity contribution in [3.05, 3.63) is 34.4 Å². The van der Waals surface area contributed by atoms with Crippen LogP contribution in [0, 0.1) is 15.5 Å². The van der Waals surface area contributed by atoms with E-state index in [0.717, 1.165) is 31.4 Å². The zero-order chi connectivity index (χ0) is 15.0. The highest BCUT2D eigenvalue weighted by Gasteiger charge is 2.27. The van der Waals surface area contributed by atoms with Gasteiger partial charge in [0.25, 0.3) is 5.69 Å². The maximum Gasteiger partial charge on any atom is 0.269 e. The van der Waals surface area contributed by atoms with Gasteiger partial charge in [-0.25, -0.2) is 0 Å². The summed E-state index contributed by atoms with van der Waals surface area (Å²) in [6.45, 7) is 4.94. The SMILES string of the molecule is CCCC(CS)(CCC)COc1ccc([N+](=O)[O-])cc1. The highest BCUT2D eigenvalue weighted by atomic mass is 32.1. The van der Waals surface area contributed by atoms with Crippen LogP contribution >= 0.6 is 12.6 Å². The van der Waals surface area contributed by atoms with Gasteiger partial charge < -0.3 is 4.74 Å². The van der Waals surface area contributed by atoms with Crippen LogP contribution in [0.5, 0.6) is 5.75 Å². The van der Waals surface area contributed by atoms with Crippen LogP contribution in [0.25, 0.3) is 0 Å². The zero-order valence-electron chi connectivity index (χ0n) is 12.2. The second kappa shape index (κ2) is 8.15. The number of nitro benzene ring substituents is 1. The van der Waals surface area contributed by atoms with E-state index < -0.39 is 4.92 Å². The third-order valence-corrected chi connectivity index (χ3v) is 4.16. The van der Waals surface area contributed by atoms with E-state index in [1.807, 2.05) is 0 Å². The van der Waals surface area contributed by atoms with Crippen LogP contribution in [0.15, 0.2) is 24.3 Å². The van der Waals surface area contributed by atoms with Crippen molar-refractivity contribution >= 4 is 18.3 Å². The summed E-state index contributed by atoms with van der Waals surface area (Å²) in [6, 6.07) is 6.24. The summed E-state index contributed by atoms with van der Waals surface area (Å²) in [6.07, 6.45) is 4.36. The fourth-order valence-corrected chi connectivity index (χ4v) is 2.84. The van der Waals surface area contributed by atoms with Crippen LogP contribution < -0.4 is 4.74 Å². The van der Waals surface area contributed by atoms with Gasteiger partial charge >= 0.3 is 0 Å². The Labute approximate surface area is 126 Å². The number of hydrogen-bond acceptors (Lipinski definition) is 4. The lowest BCUT2D eigenvalue weighted by molar-refractivity contribution is -0.384. The van der Waals surface area contributed by atoms with Crippen molar-refractivity contribution in [2.75, 3.05) is 12.4 Å². The summed E-state index contributed by atoms with van der Waals surface area (Å²) >= 11 is 4.49. The monoisotopic (exact) mass is 297 g/mol. The van der Waals surface area contributed by atoms with Crippen LogP contribution in [-0.2, 0) is 0 Å². The van der Waals surface area contributed by atoms with E-state index in [1.165, 1.54) is 12.1 Å². The molecule has 0 heterocycles. The maximum atomic E-state index is 10.6. The smallest absolute Gasteiger partial charge is 0.269 e. The molecule has 0 aliphatic carbocycles. The fraction of sp³-hybridized carbons (Fsp3) is 0.600. The first-order valence-electron chi connectivity index (χ1n) is 7.05. The Morgan fingerprint density at radius 3 is 2.15 bits per heavy atom. The minimum atomic E-state index is -0.407. The van der Waals surface area contributed by atoms with Gasteiger partial charge in [0.15, 0.2) is 0 Å². The second-order valence-electron chi connectivity index (χ2n) is 5.20. The summed E-state index contributed by atoms with van der Waals surface area (Å²) in [5.74, 6) is 1.47. The predicted octanol–water partition coefficient (Wildman–Crippen LogP) is 4.49. The van der Waals surface area contributed by atoms with E-state index in [9.17, 15) is 10.1 Å². The van der Waals surface area contributed by atoms with Crippen molar-refractivity contribution < 1.29 is 9.66 Å². The molecule has 112 valence electrons. The first-order valence-corrected chi connectivity index (χ1v) is 7.68. The van der Waals surface area contributed by atoms with Crippen LogP contribution in [0.4, 0.5) is 5.69 Å². The number of benzene rings is 1. The molecule has 0 fully saturated rings. The van der Waals surface area contributed by atoms with E-state index in [0.29, 0.717) is 12.4 Å². The lowest BCUT2D eigenvalue weighted by atomic mass is 9.82. The molecule has 0 aliphatic rings. The third kappa shape index (κ3) is 4.71. The quantitative estimate of drug-likeness (QED) is 0.415. The summed E-state index contributed by atoms with van der Waals surface area (Å²) in [7, 11) is 0. The van der Waals surface area contributed by atoms with Gasteiger partial charge in [0, 0.05) is 17.5 Å². The number of rotatable bonds is 9. The molecule has 0 amide bonds. The van der Waals surface area contributed by atoms with Crippen molar-refractivity contribution in [1.29, 1.82) is 0 Å². The number of thiol groups is 1. The Balaban J connectivity index is 2.68. The van der Waals surface area contributed by atoms with Crippen molar-refractivity contribution in [3.63, 3.8) is 0 Å². The molecule has 1 aromatic rings. The Kier molecular flexibility index (Phi) is 6.85. The number of hydrogen-bond donors (Lipinski definition) is 1. The van der Waals surface area contributed by atoms with Gasteiger partial charge in [-0.3, -0.25) is 10.1 Å². The van der Waals surface area contributed by atoms with Gasteiger partial charge in [-0.05, 0) is 30.7 Å². The Bertz CT molecular complexity index is 414. The summed E-state index contributed by atoms with van der Waals surface area (Å²) in [5, 5.41) is 10.6. The van der Waals surface area contributed by atoms with Crippen molar-refractivity contribution in [2.24, 2.45) is 5.41 Å². The highest BCUT2D eigenvalue weighted by Crippen LogP contribution is 2.32. The molecule has 5 heteroatoms. The fourth-order valence-electron chi connectivity index (χ4n) is 2.43. The minimum absolute atomic E-state index is 0.0833. The summed E-state index contributed by atoms with van der Waals surface area (Å²) < 4.78 is 5.83. The lowest BCUT2D eigenvalue weighted by Gasteiger charge is -2.31. The molecule has 0 spiro atoms. The molecule has 0 aromatic heterocycles. The summed E-state index contributed by atoms with van der Waals surface area (Å²) in [5.41, 5.74) is 0.175. The van der Waals surface area contributed by atoms with E-state index in [-0.39, 0.29) is 11.1 Å². The van der Waals surface area contributed by atoms with Gasteiger partial charge in [0.05, 0.1) is 11.5 Å². The van der Waals surface area contributed by atoms with Gasteiger partial charge in [-0.1, -0.05) is 26.7 Å². The molecule has 0 saturated carbocycles. The lowest BCUT2D eigenvalue weighted by Crippen LogP contribution is -2.30. The molecule has 0 N–H and O–H groups in total. The van der Waals surface area contributed by atoms with Crippen molar-refractivity contribution in [1.82, 2.24) is 0 Å². The molecule has 4 nitrogen and oxygen atoms in total. The molecule has 1 aromatic carbocycles. The van der Waals surface area contributed by atoms with E-state index in [4.69, 9.17) is 4.74 Å². The Morgan fingerprint density at radius 2 is 1.75 bits per heavy atom. The maximum absolute atomic E-state index is 10.6. The second-order valence-corrected chi connectivity index (χ2v) is 5.51. The normalized spacial score (nSPS) is 11.3. The molecule has 20 heavy (non-hydrogen) atoms. The average Bonchev–Trinajstić information content (AvgIpc) is 2.45. The van der Waals surface area contributed by atoms with Crippen LogP contribution in [-0.4, -0.2) is 17.3 Å². The topological polar surface area (TPSA) is 52.4 Å². The van der Waals surface area contributed by atoms with Crippen LogP contribution in [0.3, 0.4) is 0 Å². The van der Waals surface area contributed by atoms with Gasteiger partial charge in [0.1, 0.15) is 5.75 Å². The van der Waals surface area contributed by atoms with E-state index in [2.05, 4.69) is 26.5 Å². The molecule has 0 atom stereocenters. The number of nitro groups is 1. The molecule has 0 unspecified atom stereocenters. The molecule has 0 radical (unpaired) electrons. The Morgan fingerprint density at radius 1 is 1.20 bits per heavy atom. The van der Waals surface area contributed by atoms with Crippen LogP contribution in [0.1, 0.15) is 39.5 Å². The van der Waals surface area contributed by atoms with Gasteiger partial charge in [-0.2, -0.15) is 12.6 Å². The highest BCUT2D eigenvalue weighted by molar-refractivity contribution is 7.80. The van der Waals surface area contributed by atoms with Crippen molar-refractivity contribution in [2.45, 2.75) is 39.5 Å². The molecule has 0 bridgehead atoms. The van der Waals surface area contributed by atoms with E-state index >= 15 is 0 Å². The van der Waals surface area contributed by atoms with Gasteiger partial charge in [0.2, 0.25) is 0 Å². The first kappa shape index (κ1) is 16.8. The number of nitrogens with zero attached hydrogens (tertiary/aromatic N) is 1. The summed E-state index contributed by atoms with van der Waals surface area (Å²) in [4.78, 5) is 10.2. The predicted molar refractivity (Wildman–Crippen MR) is 84.7 cm³/mol. The number of ether oxygens (including phenoxy) is 1. The first-order chi connectivity index (χ1) is 9.56. The van der Waals surface area contributed by atoms with E-state index in [1.54, 1.807) is 12.1 Å². The largest absolute Gasteiger partial charge is 0.493 e. The Hall–Kier alpha value is -1.23. The molecular formula is C15H23NO3S. The molecule has 1 rings (SSSR count). The van der Waals surface area contributed by atoms with Crippen molar-refractivity contribution in [3.8, 4) is 5.75 Å². The van der Waals surface area contributed by atoms with Gasteiger partial charge in [-0.15, -0.1) is 0 Å². The average molecular weight is 297 g/mol. The third-order valence-electron chi connectivity index (χ3n) is 3.49. The standard InChI is InChI=1S/C15H23NO3S/c1-3-9-15(12-20,10-4-2)11-19-14-7-5-13(6-8-14)16(17)18/h5-8,20H,3-4,9-12H2,1-2H3.